The van der Waals surface area contributed by atoms with Crippen molar-refractivity contribution in [3.63, 3.8) is 0 Å². The molecule has 0 spiro atoms. The van der Waals surface area contributed by atoms with Crippen molar-refractivity contribution in [2.24, 2.45) is 5.92 Å². The Kier molecular flexibility index (Phi) is 5.67. The molecule has 0 N–H and O–H groups in total. The van der Waals surface area contributed by atoms with Crippen molar-refractivity contribution in [2.45, 2.75) is 70.4 Å². The van der Waals surface area contributed by atoms with Crippen LogP contribution in [0.4, 0.5) is 5.69 Å². The van der Waals surface area contributed by atoms with E-state index in [1.165, 1.54) is 16.9 Å². The molecular formula is C28H29N3O3S. The van der Waals surface area contributed by atoms with E-state index < -0.39 is 6.04 Å². The van der Waals surface area contributed by atoms with Crippen LogP contribution in [0.25, 0.3) is 20.8 Å². The molecule has 7 heteroatoms. The summed E-state index contributed by atoms with van der Waals surface area (Å²) < 4.78 is 1.14. The fraction of sp³-hybridized carbons (Fsp3) is 0.429. The van der Waals surface area contributed by atoms with E-state index in [4.69, 9.17) is 4.98 Å². The van der Waals surface area contributed by atoms with Gasteiger partial charge in [-0.05, 0) is 74.6 Å². The molecule has 3 amide bonds. The molecule has 0 bridgehead atoms. The molecule has 0 radical (unpaired) electrons. The van der Waals surface area contributed by atoms with Gasteiger partial charge in [0.05, 0.1) is 22.3 Å². The lowest BCUT2D eigenvalue weighted by Crippen LogP contribution is -2.49. The topological polar surface area (TPSA) is 70.6 Å². The van der Waals surface area contributed by atoms with Crippen molar-refractivity contribution in [1.82, 2.24) is 9.88 Å². The Balaban J connectivity index is 1.23. The smallest absolute Gasteiger partial charge is 0.257 e. The quantitative estimate of drug-likeness (QED) is 0.447. The second-order valence-electron chi connectivity index (χ2n) is 10.1. The van der Waals surface area contributed by atoms with E-state index in [0.29, 0.717) is 5.69 Å². The number of rotatable bonds is 5. The molecule has 2 saturated carbocycles. The molecule has 2 aromatic carbocycles. The minimum absolute atomic E-state index is 0.00168. The third kappa shape index (κ3) is 4.16. The number of carbonyl (C=O) groups is 3. The van der Waals surface area contributed by atoms with Gasteiger partial charge in [-0.15, -0.1) is 11.3 Å². The lowest BCUT2D eigenvalue weighted by atomic mass is 9.88. The van der Waals surface area contributed by atoms with Gasteiger partial charge in [0.1, 0.15) is 11.0 Å². The molecule has 6 rings (SSSR count). The Hall–Kier alpha value is -3.06. The number of benzene rings is 2. The third-order valence-electron chi connectivity index (χ3n) is 7.52. The van der Waals surface area contributed by atoms with Crippen LogP contribution in [0.3, 0.4) is 0 Å². The molecule has 2 heterocycles. The van der Waals surface area contributed by atoms with Crippen LogP contribution in [0.15, 0.2) is 42.5 Å². The van der Waals surface area contributed by atoms with Crippen LogP contribution in [0.5, 0.6) is 0 Å². The monoisotopic (exact) mass is 487 g/mol. The first-order chi connectivity index (χ1) is 17.0. The first kappa shape index (κ1) is 22.4. The molecule has 1 unspecified atom stereocenters. The van der Waals surface area contributed by atoms with E-state index in [9.17, 15) is 14.4 Å². The molecular weight excluding hydrogens is 458 g/mol. The second kappa shape index (κ2) is 8.86. The molecule has 6 nitrogen and oxygen atoms in total. The van der Waals surface area contributed by atoms with E-state index >= 15 is 0 Å². The number of anilines is 1. The molecule has 35 heavy (non-hydrogen) atoms. The molecule has 3 aromatic rings. The van der Waals surface area contributed by atoms with Gasteiger partial charge in [0.25, 0.3) is 5.91 Å². The lowest BCUT2D eigenvalue weighted by Gasteiger charge is -2.32. The third-order valence-corrected chi connectivity index (χ3v) is 8.59. The largest absolute Gasteiger partial charge is 0.327 e. The summed E-state index contributed by atoms with van der Waals surface area (Å²) in [5, 5.41) is 0.909. The van der Waals surface area contributed by atoms with Gasteiger partial charge in [-0.25, -0.2) is 9.88 Å². The fourth-order valence-corrected chi connectivity index (χ4v) is 6.58. The SMILES string of the molecule is Cc1ccc2nc(-c3ccc(N4C(=O)CC(N(C(=O)C5CCCCC5)C5CC5)C4=O)cc3)sc2c1. The minimum atomic E-state index is -0.670. The van der Waals surface area contributed by atoms with E-state index in [2.05, 4.69) is 19.1 Å². The Bertz CT molecular complexity index is 1300. The summed E-state index contributed by atoms with van der Waals surface area (Å²) in [5.74, 6) is -0.417. The summed E-state index contributed by atoms with van der Waals surface area (Å²) in [6.07, 6.45) is 7.03. The van der Waals surface area contributed by atoms with Gasteiger partial charge >= 0.3 is 0 Å². The van der Waals surface area contributed by atoms with Crippen molar-refractivity contribution in [1.29, 1.82) is 0 Å². The molecule has 1 atom stereocenters. The molecule has 3 aliphatic rings. The van der Waals surface area contributed by atoms with Gasteiger partial charge in [0.2, 0.25) is 11.8 Å². The van der Waals surface area contributed by atoms with Crippen LogP contribution >= 0.6 is 11.3 Å². The molecule has 1 saturated heterocycles. The zero-order valence-electron chi connectivity index (χ0n) is 19.9. The first-order valence-corrected chi connectivity index (χ1v) is 13.5. The Morgan fingerprint density at radius 3 is 2.46 bits per heavy atom. The van der Waals surface area contributed by atoms with Crippen molar-refractivity contribution < 1.29 is 14.4 Å². The maximum absolute atomic E-state index is 13.5. The predicted octanol–water partition coefficient (Wildman–Crippen LogP) is 5.47. The summed E-state index contributed by atoms with van der Waals surface area (Å²) in [4.78, 5) is 47.7. The maximum atomic E-state index is 13.5. The van der Waals surface area contributed by atoms with Gasteiger partial charge in [-0.1, -0.05) is 25.3 Å². The number of aryl methyl sites for hydroxylation is 1. The van der Waals surface area contributed by atoms with Crippen LogP contribution in [-0.4, -0.2) is 39.7 Å². The number of hydrogen-bond donors (Lipinski definition) is 0. The van der Waals surface area contributed by atoms with Crippen molar-refractivity contribution in [2.75, 3.05) is 4.90 Å². The highest BCUT2D eigenvalue weighted by molar-refractivity contribution is 7.21. The van der Waals surface area contributed by atoms with Gasteiger partial charge in [0.15, 0.2) is 0 Å². The van der Waals surface area contributed by atoms with Gasteiger partial charge in [-0.3, -0.25) is 14.4 Å². The van der Waals surface area contributed by atoms with Crippen LogP contribution in [0.1, 0.15) is 56.9 Å². The van der Waals surface area contributed by atoms with Crippen LogP contribution in [0.2, 0.25) is 0 Å². The summed E-state index contributed by atoms with van der Waals surface area (Å²) in [7, 11) is 0. The normalized spacial score (nSPS) is 21.2. The Labute approximate surface area is 208 Å². The Morgan fingerprint density at radius 1 is 1.00 bits per heavy atom. The maximum Gasteiger partial charge on any atom is 0.257 e. The van der Waals surface area contributed by atoms with Gasteiger partial charge in [0, 0.05) is 17.5 Å². The highest BCUT2D eigenvalue weighted by Crippen LogP contribution is 2.38. The van der Waals surface area contributed by atoms with Crippen molar-refractivity contribution in [3.05, 3.63) is 48.0 Å². The fourth-order valence-electron chi connectivity index (χ4n) is 5.51. The number of imide groups is 1. The van der Waals surface area contributed by atoms with Crippen molar-refractivity contribution in [3.8, 4) is 10.6 Å². The average Bonchev–Trinajstić information content (AvgIpc) is 3.54. The summed E-state index contributed by atoms with van der Waals surface area (Å²) in [5.41, 5.74) is 3.68. The van der Waals surface area contributed by atoms with Crippen LogP contribution in [0, 0.1) is 12.8 Å². The standard InChI is InChI=1S/C28H29N3O3S/c1-17-7-14-22-24(15-17)35-26(29-22)18-8-10-21(11-9-18)31-25(32)16-23(28(31)34)30(20-12-13-20)27(33)19-5-3-2-4-6-19/h7-11,14-15,19-20,23H,2-6,12-13,16H2,1H3. The molecule has 1 aliphatic heterocycles. The van der Waals surface area contributed by atoms with E-state index in [1.807, 2.05) is 30.3 Å². The highest BCUT2D eigenvalue weighted by Gasteiger charge is 2.49. The van der Waals surface area contributed by atoms with E-state index in [-0.39, 0.29) is 36.1 Å². The molecule has 2 aliphatic carbocycles. The minimum Gasteiger partial charge on any atom is -0.327 e. The molecule has 1 aromatic heterocycles. The summed E-state index contributed by atoms with van der Waals surface area (Å²) >= 11 is 1.63. The average molecular weight is 488 g/mol. The summed E-state index contributed by atoms with van der Waals surface area (Å²) in [6.45, 7) is 2.07. The van der Waals surface area contributed by atoms with Crippen molar-refractivity contribution >= 4 is 45.0 Å². The lowest BCUT2D eigenvalue weighted by molar-refractivity contribution is -0.143. The highest BCUT2D eigenvalue weighted by atomic mass is 32.1. The number of aromatic nitrogens is 1. The number of fused-ring (bicyclic) bond motifs is 1. The first-order valence-electron chi connectivity index (χ1n) is 12.7. The van der Waals surface area contributed by atoms with Gasteiger partial charge in [-0.2, -0.15) is 0 Å². The summed E-state index contributed by atoms with van der Waals surface area (Å²) in [6, 6.07) is 13.1. The molecule has 180 valence electrons. The second-order valence-corrected chi connectivity index (χ2v) is 11.2. The number of thiazole rings is 1. The van der Waals surface area contributed by atoms with E-state index in [1.54, 1.807) is 16.2 Å². The molecule has 3 fully saturated rings. The number of amides is 3. The predicted molar refractivity (Wildman–Crippen MR) is 137 cm³/mol. The number of nitrogens with zero attached hydrogens (tertiary/aromatic N) is 3. The number of hydrogen-bond acceptors (Lipinski definition) is 5. The van der Waals surface area contributed by atoms with Gasteiger partial charge < -0.3 is 4.90 Å². The van der Waals surface area contributed by atoms with Crippen LogP contribution < -0.4 is 4.90 Å². The Morgan fingerprint density at radius 2 is 1.74 bits per heavy atom. The van der Waals surface area contributed by atoms with E-state index in [0.717, 1.165) is 59.3 Å². The number of carbonyl (C=O) groups excluding carboxylic acids is 3. The zero-order chi connectivity index (χ0) is 24.1. The zero-order valence-corrected chi connectivity index (χ0v) is 20.7. The van der Waals surface area contributed by atoms with Crippen LogP contribution in [-0.2, 0) is 14.4 Å².